The van der Waals surface area contributed by atoms with E-state index in [0.29, 0.717) is 22.6 Å². The van der Waals surface area contributed by atoms with Crippen LogP contribution in [0.2, 0.25) is 0 Å². The molecule has 3 aromatic rings. The van der Waals surface area contributed by atoms with Crippen molar-refractivity contribution in [2.45, 2.75) is 0 Å². The number of benzene rings is 2. The summed E-state index contributed by atoms with van der Waals surface area (Å²) in [5.74, 6) is 0.196. The smallest absolute Gasteiger partial charge is 0.322 e. The van der Waals surface area contributed by atoms with Crippen molar-refractivity contribution in [2.24, 2.45) is 0 Å². The molecule has 0 radical (unpaired) electrons. The third-order valence-corrected chi connectivity index (χ3v) is 3.67. The van der Waals surface area contributed by atoms with Gasteiger partial charge in [-0.15, -0.1) is 5.10 Å². The van der Waals surface area contributed by atoms with Crippen LogP contribution in [-0.2, 0) is 9.53 Å². The van der Waals surface area contributed by atoms with Gasteiger partial charge in [0, 0.05) is 23.9 Å². The van der Waals surface area contributed by atoms with Crippen molar-refractivity contribution in [1.29, 1.82) is 0 Å². The molecule has 0 unspecified atom stereocenters. The molecule has 0 aliphatic carbocycles. The molecule has 9 heteroatoms. The van der Waals surface area contributed by atoms with Crippen LogP contribution in [0.1, 0.15) is 10.4 Å². The fraction of sp³-hybridized carbons (Fsp3) is 0.158. The molecule has 0 spiro atoms. The summed E-state index contributed by atoms with van der Waals surface area (Å²) in [6, 6.07) is 13.5. The molecule has 1 aromatic heterocycles. The lowest BCUT2D eigenvalue weighted by molar-refractivity contribution is -0.119. The van der Waals surface area contributed by atoms with Crippen LogP contribution in [0.25, 0.3) is 11.5 Å². The molecule has 0 saturated heterocycles. The SMILES string of the molecule is COCC(=O)Nc1cccc(C(=O)Nc2nnc(-c3ccc(OC)cc3)o2)c1. The average Bonchev–Trinajstić information content (AvgIpc) is 3.17. The number of hydrogen-bond donors (Lipinski definition) is 2. The Morgan fingerprint density at radius 1 is 1.04 bits per heavy atom. The van der Waals surface area contributed by atoms with Crippen molar-refractivity contribution in [2.75, 3.05) is 31.5 Å². The van der Waals surface area contributed by atoms with Crippen LogP contribution >= 0.6 is 0 Å². The Morgan fingerprint density at radius 3 is 2.54 bits per heavy atom. The van der Waals surface area contributed by atoms with Crippen LogP contribution in [0, 0.1) is 0 Å². The lowest BCUT2D eigenvalue weighted by Crippen LogP contribution is -2.18. The number of hydrogen-bond acceptors (Lipinski definition) is 7. The lowest BCUT2D eigenvalue weighted by Gasteiger charge is -2.06. The van der Waals surface area contributed by atoms with Gasteiger partial charge in [0.15, 0.2) is 0 Å². The molecular formula is C19H18N4O5. The summed E-state index contributed by atoms with van der Waals surface area (Å²) in [7, 11) is 3.00. The van der Waals surface area contributed by atoms with Crippen molar-refractivity contribution in [3.05, 3.63) is 54.1 Å². The van der Waals surface area contributed by atoms with Gasteiger partial charge in [0.25, 0.3) is 5.91 Å². The maximum atomic E-state index is 12.4. The molecule has 3 rings (SSSR count). The van der Waals surface area contributed by atoms with Gasteiger partial charge < -0.3 is 19.2 Å². The summed E-state index contributed by atoms with van der Waals surface area (Å²) < 4.78 is 15.3. The zero-order valence-electron chi connectivity index (χ0n) is 15.3. The highest BCUT2D eigenvalue weighted by atomic mass is 16.5. The third-order valence-electron chi connectivity index (χ3n) is 3.67. The minimum Gasteiger partial charge on any atom is -0.497 e. The monoisotopic (exact) mass is 382 g/mol. The molecule has 1 heterocycles. The van der Waals surface area contributed by atoms with Crippen LogP contribution < -0.4 is 15.4 Å². The van der Waals surface area contributed by atoms with Gasteiger partial charge in [-0.25, -0.2) is 0 Å². The van der Waals surface area contributed by atoms with E-state index >= 15 is 0 Å². The second-order valence-corrected chi connectivity index (χ2v) is 5.66. The van der Waals surface area contributed by atoms with Gasteiger partial charge >= 0.3 is 6.01 Å². The highest BCUT2D eigenvalue weighted by molar-refractivity contribution is 6.04. The summed E-state index contributed by atoms with van der Waals surface area (Å²) in [6.45, 7) is -0.0768. The molecule has 0 saturated carbocycles. The number of anilines is 2. The number of amides is 2. The molecule has 0 atom stereocenters. The number of carbonyl (C=O) groups excluding carboxylic acids is 2. The summed E-state index contributed by atoms with van der Waals surface area (Å²) in [5, 5.41) is 12.9. The highest BCUT2D eigenvalue weighted by Gasteiger charge is 2.14. The summed E-state index contributed by atoms with van der Waals surface area (Å²) in [4.78, 5) is 24.0. The van der Waals surface area contributed by atoms with Crippen molar-refractivity contribution < 1.29 is 23.5 Å². The number of nitrogens with one attached hydrogen (secondary N) is 2. The van der Waals surface area contributed by atoms with Crippen LogP contribution in [-0.4, -0.2) is 42.8 Å². The molecule has 0 bridgehead atoms. The molecule has 0 fully saturated rings. The summed E-state index contributed by atoms with van der Waals surface area (Å²) in [6.07, 6.45) is 0. The standard InChI is InChI=1S/C19H18N4O5/c1-26-11-16(24)20-14-5-3-4-13(10-14)17(25)21-19-23-22-18(28-19)12-6-8-15(27-2)9-7-12/h3-10H,11H2,1-2H3,(H,20,24)(H,21,23,25). The Kier molecular flexibility index (Phi) is 5.97. The summed E-state index contributed by atoms with van der Waals surface area (Å²) in [5.41, 5.74) is 1.48. The third kappa shape index (κ3) is 4.71. The summed E-state index contributed by atoms with van der Waals surface area (Å²) >= 11 is 0. The van der Waals surface area contributed by atoms with E-state index in [1.54, 1.807) is 49.6 Å². The highest BCUT2D eigenvalue weighted by Crippen LogP contribution is 2.23. The number of rotatable bonds is 7. The molecule has 2 amide bonds. The zero-order chi connectivity index (χ0) is 19.9. The number of ether oxygens (including phenoxy) is 2. The molecule has 2 N–H and O–H groups in total. The van der Waals surface area contributed by atoms with Gasteiger partial charge in [0.05, 0.1) is 7.11 Å². The van der Waals surface area contributed by atoms with Crippen LogP contribution in [0.5, 0.6) is 5.75 Å². The molecule has 2 aromatic carbocycles. The molecule has 0 aliphatic heterocycles. The van der Waals surface area contributed by atoms with Crippen molar-refractivity contribution in [3.63, 3.8) is 0 Å². The van der Waals surface area contributed by atoms with Crippen molar-refractivity contribution in [1.82, 2.24) is 10.2 Å². The van der Waals surface area contributed by atoms with Gasteiger partial charge in [-0.1, -0.05) is 11.2 Å². The Labute approximate surface area is 160 Å². The van der Waals surface area contributed by atoms with Gasteiger partial charge in [-0.05, 0) is 42.5 Å². The maximum absolute atomic E-state index is 12.4. The van der Waals surface area contributed by atoms with Crippen LogP contribution in [0.4, 0.5) is 11.7 Å². The van der Waals surface area contributed by atoms with E-state index < -0.39 is 5.91 Å². The Hall–Kier alpha value is -3.72. The fourth-order valence-corrected chi connectivity index (χ4v) is 2.36. The molecular weight excluding hydrogens is 364 g/mol. The predicted octanol–water partition coefficient (Wildman–Crippen LogP) is 2.58. The first-order chi connectivity index (χ1) is 13.6. The molecule has 9 nitrogen and oxygen atoms in total. The molecule has 28 heavy (non-hydrogen) atoms. The number of methoxy groups -OCH3 is 2. The maximum Gasteiger partial charge on any atom is 0.322 e. The number of aromatic nitrogens is 2. The van der Waals surface area contributed by atoms with Gasteiger partial charge in [0.1, 0.15) is 12.4 Å². The molecule has 144 valence electrons. The number of nitrogens with zero attached hydrogens (tertiary/aromatic N) is 2. The topological polar surface area (TPSA) is 116 Å². The Morgan fingerprint density at radius 2 is 1.82 bits per heavy atom. The predicted molar refractivity (Wildman–Crippen MR) is 101 cm³/mol. The van der Waals surface area contributed by atoms with E-state index in [2.05, 4.69) is 20.8 Å². The van der Waals surface area contributed by atoms with Crippen molar-refractivity contribution >= 4 is 23.5 Å². The average molecular weight is 382 g/mol. The second kappa shape index (κ2) is 8.78. The van der Waals surface area contributed by atoms with E-state index in [4.69, 9.17) is 13.9 Å². The number of carbonyl (C=O) groups is 2. The Bertz CT molecular complexity index is 968. The largest absolute Gasteiger partial charge is 0.497 e. The second-order valence-electron chi connectivity index (χ2n) is 5.66. The minimum atomic E-state index is -0.451. The molecule has 0 aliphatic rings. The van der Waals surface area contributed by atoms with E-state index in [-0.39, 0.29) is 24.4 Å². The lowest BCUT2D eigenvalue weighted by atomic mass is 10.2. The fourth-order valence-electron chi connectivity index (χ4n) is 2.36. The first-order valence-electron chi connectivity index (χ1n) is 8.27. The Balaban J connectivity index is 1.68. The van der Waals surface area contributed by atoms with Gasteiger partial charge in [0.2, 0.25) is 11.8 Å². The first-order valence-corrected chi connectivity index (χ1v) is 8.27. The first kappa shape index (κ1) is 19.1. The van der Waals surface area contributed by atoms with E-state index in [9.17, 15) is 9.59 Å². The minimum absolute atomic E-state index is 0.0374. The van der Waals surface area contributed by atoms with Crippen molar-refractivity contribution in [3.8, 4) is 17.2 Å². The van der Waals surface area contributed by atoms with Crippen LogP contribution in [0.15, 0.2) is 52.9 Å². The van der Waals surface area contributed by atoms with Gasteiger partial charge in [-0.3, -0.25) is 14.9 Å². The van der Waals surface area contributed by atoms with E-state index in [1.807, 2.05) is 0 Å². The van der Waals surface area contributed by atoms with Gasteiger partial charge in [-0.2, -0.15) is 0 Å². The van der Waals surface area contributed by atoms with E-state index in [1.165, 1.54) is 13.2 Å². The quantitative estimate of drug-likeness (QED) is 0.645. The van der Waals surface area contributed by atoms with Crippen LogP contribution in [0.3, 0.4) is 0 Å². The zero-order valence-corrected chi connectivity index (χ0v) is 15.3. The van der Waals surface area contributed by atoms with E-state index in [0.717, 1.165) is 0 Å². The normalized spacial score (nSPS) is 10.4.